The highest BCUT2D eigenvalue weighted by Crippen LogP contribution is 2.65. The Balaban J connectivity index is 1.64. The SMILES string of the molecule is CCCCCCCCCCC1([P+](=O)CCC)C(=O)NC12C(C)CC(C)C(c1nnc3c(Cl)c(C)[nH]n13)C2C. The van der Waals surface area contributed by atoms with Gasteiger partial charge >= 0.3 is 7.80 Å². The average Bonchev–Trinajstić information content (AvgIpc) is 3.39. The van der Waals surface area contributed by atoms with Gasteiger partial charge in [-0.15, -0.1) is 10.2 Å². The number of unbranched alkanes of at least 4 members (excludes halogenated alkanes) is 7. The van der Waals surface area contributed by atoms with Crippen LogP contribution in [0.5, 0.6) is 0 Å². The number of carbonyl (C=O) groups is 1. The van der Waals surface area contributed by atoms with Gasteiger partial charge in [-0.1, -0.05) is 95.7 Å². The summed E-state index contributed by atoms with van der Waals surface area (Å²) in [4.78, 5) is 13.7. The van der Waals surface area contributed by atoms with E-state index in [9.17, 15) is 9.36 Å². The molecule has 0 aromatic carbocycles. The van der Waals surface area contributed by atoms with Crippen LogP contribution in [0, 0.1) is 24.7 Å². The lowest BCUT2D eigenvalue weighted by Gasteiger charge is -2.63. The molecule has 7 nitrogen and oxygen atoms in total. The van der Waals surface area contributed by atoms with Gasteiger partial charge in [-0.2, -0.15) is 0 Å². The molecule has 1 aliphatic heterocycles. The summed E-state index contributed by atoms with van der Waals surface area (Å²) >= 11 is 6.49. The predicted molar refractivity (Wildman–Crippen MR) is 156 cm³/mol. The third-order valence-electron chi connectivity index (χ3n) is 9.79. The van der Waals surface area contributed by atoms with Crippen molar-refractivity contribution in [3.05, 3.63) is 16.5 Å². The minimum absolute atomic E-state index is 0.00663. The molecule has 0 radical (unpaired) electrons. The molecule has 0 bridgehead atoms. The van der Waals surface area contributed by atoms with Crippen molar-refractivity contribution in [2.45, 2.75) is 129 Å². The van der Waals surface area contributed by atoms with Crippen LogP contribution in [0.15, 0.2) is 0 Å². The summed E-state index contributed by atoms with van der Waals surface area (Å²) in [5.74, 6) is 1.53. The molecular weight excluding hydrogens is 517 g/mol. The van der Waals surface area contributed by atoms with Crippen molar-refractivity contribution in [2.24, 2.45) is 17.8 Å². The van der Waals surface area contributed by atoms with Crippen molar-refractivity contribution in [1.82, 2.24) is 25.1 Å². The van der Waals surface area contributed by atoms with E-state index < -0.39 is 18.5 Å². The van der Waals surface area contributed by atoms with E-state index in [2.05, 4.69) is 55.2 Å². The summed E-state index contributed by atoms with van der Waals surface area (Å²) in [5.41, 5.74) is 0.998. The number of H-pyrrole nitrogens is 1. The van der Waals surface area contributed by atoms with Crippen molar-refractivity contribution in [2.75, 3.05) is 6.16 Å². The van der Waals surface area contributed by atoms with Crippen molar-refractivity contribution in [1.29, 1.82) is 0 Å². The number of aromatic amines is 1. The summed E-state index contributed by atoms with van der Waals surface area (Å²) in [6.45, 7) is 13.0. The van der Waals surface area contributed by atoms with E-state index in [0.29, 0.717) is 29.2 Å². The summed E-state index contributed by atoms with van der Waals surface area (Å²) in [5, 5.41) is 15.6. The number of hydrogen-bond donors (Lipinski definition) is 2. The molecule has 2 aliphatic rings. The average molecular weight is 565 g/mol. The fourth-order valence-corrected chi connectivity index (χ4v) is 10.5. The predicted octanol–water partition coefficient (Wildman–Crippen LogP) is 7.79. The maximum Gasteiger partial charge on any atom is 0.357 e. The van der Waals surface area contributed by atoms with Crippen LogP contribution in [-0.4, -0.2) is 42.6 Å². The highest BCUT2D eigenvalue weighted by molar-refractivity contribution is 7.48. The smallest absolute Gasteiger partial charge is 0.340 e. The summed E-state index contributed by atoms with van der Waals surface area (Å²) in [6.07, 6.45) is 12.7. The molecule has 212 valence electrons. The third-order valence-corrected chi connectivity index (χ3v) is 12.7. The molecule has 1 spiro atoms. The quantitative estimate of drug-likeness (QED) is 0.147. The number of amides is 1. The van der Waals surface area contributed by atoms with Crippen molar-refractivity contribution < 1.29 is 9.36 Å². The first-order valence-corrected chi connectivity index (χ1v) is 16.9. The molecule has 1 saturated heterocycles. The highest BCUT2D eigenvalue weighted by Gasteiger charge is 2.81. The molecule has 2 fully saturated rings. The van der Waals surface area contributed by atoms with Crippen LogP contribution in [0.25, 0.3) is 5.65 Å². The summed E-state index contributed by atoms with van der Waals surface area (Å²) in [6, 6.07) is 0. The molecule has 1 saturated carbocycles. The van der Waals surface area contributed by atoms with Crippen LogP contribution >= 0.6 is 19.4 Å². The molecular formula is C29H48ClN5O2P+. The molecule has 38 heavy (non-hydrogen) atoms. The zero-order valence-corrected chi connectivity index (χ0v) is 25.9. The molecule has 2 aromatic rings. The number of hydrogen-bond acceptors (Lipinski definition) is 4. The number of β-lactam (4-membered cyclic amide) rings is 1. The lowest BCUT2D eigenvalue weighted by Crippen LogP contribution is -2.85. The molecule has 7 unspecified atom stereocenters. The fraction of sp³-hybridized carbons (Fsp3) is 0.828. The normalized spacial score (nSPS) is 31.6. The van der Waals surface area contributed by atoms with E-state index in [1.165, 1.54) is 38.5 Å². The van der Waals surface area contributed by atoms with E-state index in [4.69, 9.17) is 11.6 Å². The number of carbonyl (C=O) groups excluding carboxylic acids is 1. The second-order valence-electron chi connectivity index (χ2n) is 12.2. The molecule has 1 amide bonds. The zero-order valence-electron chi connectivity index (χ0n) is 24.3. The van der Waals surface area contributed by atoms with Gasteiger partial charge in [0.1, 0.15) is 16.7 Å². The minimum Gasteiger partial charge on any atom is -0.340 e. The van der Waals surface area contributed by atoms with Gasteiger partial charge in [0.2, 0.25) is 0 Å². The number of aryl methyl sites for hydroxylation is 1. The van der Waals surface area contributed by atoms with E-state index >= 15 is 0 Å². The molecule has 2 aromatic heterocycles. The van der Waals surface area contributed by atoms with Gasteiger partial charge in [0.25, 0.3) is 11.1 Å². The third kappa shape index (κ3) is 4.64. The molecule has 1 aliphatic carbocycles. The standard InChI is InChI=1S/C29H47ClN5O2P/c1-7-9-10-11-12-13-14-15-16-28(38(37)17-8-2)27(36)31-29(28)20(4)18-19(3)23(21(29)5)25-32-33-26-24(30)22(6)34-35(25)26/h19-21,23H,7-18H2,1-6H3,(H-,31,33,34,36)/p+1. The number of nitrogens with one attached hydrogen (secondary N) is 2. The van der Waals surface area contributed by atoms with E-state index in [0.717, 1.165) is 37.2 Å². The van der Waals surface area contributed by atoms with Gasteiger partial charge in [-0.25, -0.2) is 4.52 Å². The fourth-order valence-electron chi connectivity index (χ4n) is 7.96. The van der Waals surface area contributed by atoms with E-state index in [-0.39, 0.29) is 23.7 Å². The van der Waals surface area contributed by atoms with Crippen LogP contribution < -0.4 is 5.32 Å². The molecule has 4 rings (SSSR count). The first kappa shape index (κ1) is 29.5. The van der Waals surface area contributed by atoms with Gasteiger partial charge in [0.15, 0.2) is 11.5 Å². The topological polar surface area (TPSA) is 92.2 Å². The Morgan fingerprint density at radius 3 is 2.32 bits per heavy atom. The Labute approximate surface area is 234 Å². The number of halogens is 1. The number of fused-ring (bicyclic) bond motifs is 1. The Kier molecular flexibility index (Phi) is 9.29. The van der Waals surface area contributed by atoms with Gasteiger partial charge < -0.3 is 5.32 Å². The second-order valence-corrected chi connectivity index (χ2v) is 14.6. The van der Waals surface area contributed by atoms with Crippen molar-refractivity contribution in [3.63, 3.8) is 0 Å². The Morgan fingerprint density at radius 1 is 1.03 bits per heavy atom. The van der Waals surface area contributed by atoms with E-state index in [1.807, 2.05) is 11.4 Å². The molecule has 7 atom stereocenters. The van der Waals surface area contributed by atoms with Gasteiger partial charge in [0, 0.05) is 12.3 Å². The maximum atomic E-state index is 14.1. The second kappa shape index (κ2) is 12.0. The first-order valence-electron chi connectivity index (χ1n) is 15.0. The lowest BCUT2D eigenvalue weighted by molar-refractivity contribution is -0.152. The van der Waals surface area contributed by atoms with E-state index in [1.54, 1.807) is 0 Å². The monoisotopic (exact) mass is 564 g/mol. The van der Waals surface area contributed by atoms with Crippen molar-refractivity contribution >= 4 is 31.0 Å². The number of nitrogens with zero attached hydrogens (tertiary/aromatic N) is 3. The molecule has 9 heteroatoms. The molecule has 2 N–H and O–H groups in total. The van der Waals surface area contributed by atoms with Crippen LogP contribution in [0.2, 0.25) is 5.02 Å². The lowest BCUT2D eigenvalue weighted by atomic mass is 9.50. The molecule has 3 heterocycles. The van der Waals surface area contributed by atoms with Gasteiger partial charge in [-0.3, -0.25) is 9.89 Å². The van der Waals surface area contributed by atoms with Crippen LogP contribution in [-0.2, 0) is 9.36 Å². The first-order chi connectivity index (χ1) is 18.2. The largest absolute Gasteiger partial charge is 0.357 e. The van der Waals surface area contributed by atoms with Crippen LogP contribution in [0.1, 0.15) is 123 Å². The Hall–Kier alpha value is -1.46. The minimum atomic E-state index is -1.70. The zero-order chi connectivity index (χ0) is 27.7. The summed E-state index contributed by atoms with van der Waals surface area (Å²) < 4.78 is 16.0. The van der Waals surface area contributed by atoms with Crippen molar-refractivity contribution in [3.8, 4) is 0 Å². The number of aromatic nitrogens is 4. The Morgan fingerprint density at radius 2 is 1.68 bits per heavy atom. The highest BCUT2D eigenvalue weighted by atomic mass is 35.5. The Bertz CT molecular complexity index is 1150. The number of rotatable bonds is 13. The maximum absolute atomic E-state index is 14.1. The summed E-state index contributed by atoms with van der Waals surface area (Å²) in [7, 11) is -1.70. The van der Waals surface area contributed by atoms with Gasteiger partial charge in [0.05, 0.1) is 5.69 Å². The van der Waals surface area contributed by atoms with Crippen LogP contribution in [0.3, 0.4) is 0 Å². The van der Waals surface area contributed by atoms with Gasteiger partial charge in [-0.05, 0) is 43.9 Å². The van der Waals surface area contributed by atoms with Crippen LogP contribution in [0.4, 0.5) is 0 Å².